The Morgan fingerprint density at radius 3 is 1.47 bits per heavy atom. The van der Waals surface area contributed by atoms with Crippen molar-refractivity contribution in [1.82, 2.24) is 0 Å². The van der Waals surface area contributed by atoms with E-state index in [1.54, 1.807) is 12.1 Å². The molecule has 1 aliphatic rings. The van der Waals surface area contributed by atoms with E-state index in [9.17, 15) is 5.11 Å². The molecule has 1 saturated heterocycles. The first-order valence-electron chi connectivity index (χ1n) is 16.4. The van der Waals surface area contributed by atoms with E-state index in [0.29, 0.717) is 47.6 Å². The number of hydrogen-bond donors (Lipinski definition) is 1. The minimum atomic E-state index is -0.707. The number of ether oxygens (including phenoxy) is 5. The van der Waals surface area contributed by atoms with Crippen LogP contribution in [0.25, 0.3) is 0 Å². The molecule has 254 valence electrons. The Labute approximate surface area is 298 Å². The topological polar surface area (TPSA) is 66.4 Å². The molecule has 0 amide bonds. The van der Waals surface area contributed by atoms with E-state index in [1.807, 2.05) is 121 Å². The van der Waals surface area contributed by atoms with Crippen molar-refractivity contribution in [2.24, 2.45) is 0 Å². The quantitative estimate of drug-likeness (QED) is 0.118. The summed E-state index contributed by atoms with van der Waals surface area (Å²) in [5.74, 6) is 0. The lowest BCUT2D eigenvalue weighted by atomic mass is 9.89. The molecule has 1 heterocycles. The molecule has 5 unspecified atom stereocenters. The molecule has 6 nitrogen and oxygen atoms in total. The van der Waals surface area contributed by atoms with E-state index in [4.69, 9.17) is 46.9 Å². The van der Waals surface area contributed by atoms with Gasteiger partial charge in [-0.2, -0.15) is 0 Å². The Kier molecular flexibility index (Phi) is 12.9. The lowest BCUT2D eigenvalue weighted by Crippen LogP contribution is -2.58. The van der Waals surface area contributed by atoms with Gasteiger partial charge in [0.2, 0.25) is 0 Å². The Hall–Kier alpha value is -3.56. The van der Waals surface area contributed by atoms with Crippen LogP contribution in [0.15, 0.2) is 133 Å². The largest absolute Gasteiger partial charge is 0.392 e. The lowest BCUT2D eigenvalue weighted by Gasteiger charge is -2.46. The van der Waals surface area contributed by atoms with E-state index in [0.717, 1.165) is 22.3 Å². The van der Waals surface area contributed by atoms with Crippen molar-refractivity contribution in [3.8, 4) is 0 Å². The molecule has 1 fully saturated rings. The molecule has 8 heteroatoms. The van der Waals surface area contributed by atoms with Gasteiger partial charge >= 0.3 is 0 Å². The number of benzene rings is 5. The van der Waals surface area contributed by atoms with Gasteiger partial charge in [-0.25, -0.2) is 0 Å². The van der Waals surface area contributed by atoms with Gasteiger partial charge in [-0.1, -0.05) is 145 Å². The average molecular weight is 700 g/mol. The summed E-state index contributed by atoms with van der Waals surface area (Å²) in [6.07, 6.45) is -3.14. The van der Waals surface area contributed by atoms with Crippen molar-refractivity contribution in [3.63, 3.8) is 0 Å². The monoisotopic (exact) mass is 698 g/mol. The van der Waals surface area contributed by atoms with Gasteiger partial charge in [-0.15, -0.1) is 0 Å². The van der Waals surface area contributed by atoms with Crippen molar-refractivity contribution in [1.29, 1.82) is 0 Å². The maximum absolute atomic E-state index is 10.1. The molecule has 0 bridgehead atoms. The van der Waals surface area contributed by atoms with Crippen LogP contribution in [0, 0.1) is 0 Å². The number of halogens is 2. The maximum atomic E-state index is 10.1. The van der Waals surface area contributed by atoms with Crippen molar-refractivity contribution in [2.45, 2.75) is 63.6 Å². The Balaban J connectivity index is 1.39. The zero-order chi connectivity index (χ0) is 33.8. The highest BCUT2D eigenvalue weighted by atomic mass is 35.5. The zero-order valence-corrected chi connectivity index (χ0v) is 28.6. The molecule has 5 aromatic rings. The van der Waals surface area contributed by atoms with Crippen LogP contribution in [-0.4, -0.2) is 36.1 Å². The standard InChI is InChI=1S/C41H40Cl2O6/c42-35-22-36(43)34(21-33(35)23-44)38-40(47-26-31-17-9-3-10-18-31)41(48-27-32-19-11-4-12-20-32)39(46-25-30-15-7-2-8-16-30)37(49-38)28-45-24-29-13-5-1-6-14-29/h1-22,37-41,44H,23-28H2. The molecule has 0 radical (unpaired) electrons. The predicted molar refractivity (Wildman–Crippen MR) is 191 cm³/mol. The zero-order valence-electron chi connectivity index (χ0n) is 27.1. The molecule has 0 aromatic heterocycles. The number of aliphatic hydroxyl groups excluding tert-OH is 1. The summed E-state index contributed by atoms with van der Waals surface area (Å²) in [6.45, 7) is 1.32. The summed E-state index contributed by atoms with van der Waals surface area (Å²) in [4.78, 5) is 0. The smallest absolute Gasteiger partial charge is 0.117 e. The second-order valence-electron chi connectivity index (χ2n) is 12.0. The van der Waals surface area contributed by atoms with Crippen LogP contribution in [0.5, 0.6) is 0 Å². The fourth-order valence-electron chi connectivity index (χ4n) is 5.99. The van der Waals surface area contributed by atoms with Crippen LogP contribution in [-0.2, 0) is 56.7 Å². The van der Waals surface area contributed by atoms with E-state index in [2.05, 4.69) is 0 Å². The lowest BCUT2D eigenvalue weighted by molar-refractivity contribution is -0.275. The molecule has 0 spiro atoms. The molecule has 5 atom stereocenters. The average Bonchev–Trinajstić information content (AvgIpc) is 3.14. The molecule has 0 aliphatic carbocycles. The molecular weight excluding hydrogens is 659 g/mol. The third kappa shape index (κ3) is 9.57. The van der Waals surface area contributed by atoms with Crippen LogP contribution >= 0.6 is 23.2 Å². The minimum Gasteiger partial charge on any atom is -0.392 e. The van der Waals surface area contributed by atoms with Gasteiger partial charge in [0.15, 0.2) is 0 Å². The summed E-state index contributed by atoms with van der Waals surface area (Å²) < 4.78 is 33.6. The summed E-state index contributed by atoms with van der Waals surface area (Å²) in [5.41, 5.74) is 5.24. The van der Waals surface area contributed by atoms with Crippen molar-refractivity contribution < 1.29 is 28.8 Å². The van der Waals surface area contributed by atoms with E-state index in [1.165, 1.54) is 0 Å². The Morgan fingerprint density at radius 2 is 0.980 bits per heavy atom. The third-order valence-corrected chi connectivity index (χ3v) is 9.21. The third-order valence-electron chi connectivity index (χ3n) is 8.53. The summed E-state index contributed by atoms with van der Waals surface area (Å²) in [6, 6.07) is 43.4. The normalized spacial score (nSPS) is 20.7. The Bertz CT molecular complexity index is 1710. The molecule has 1 N–H and O–H groups in total. The molecule has 1 aliphatic heterocycles. The second-order valence-corrected chi connectivity index (χ2v) is 12.8. The van der Waals surface area contributed by atoms with E-state index in [-0.39, 0.29) is 13.2 Å². The summed E-state index contributed by atoms with van der Waals surface area (Å²) >= 11 is 13.4. The van der Waals surface area contributed by atoms with Gasteiger partial charge in [0.1, 0.15) is 30.5 Å². The van der Waals surface area contributed by atoms with E-state index >= 15 is 0 Å². The first-order chi connectivity index (χ1) is 24.1. The van der Waals surface area contributed by atoms with Crippen LogP contribution in [0.3, 0.4) is 0 Å². The number of aliphatic hydroxyl groups is 1. The molecular formula is C41H40Cl2O6. The van der Waals surface area contributed by atoms with Crippen LogP contribution in [0.4, 0.5) is 0 Å². The fraction of sp³-hybridized carbons (Fsp3) is 0.268. The second kappa shape index (κ2) is 17.9. The minimum absolute atomic E-state index is 0.222. The first-order valence-corrected chi connectivity index (χ1v) is 17.2. The van der Waals surface area contributed by atoms with Crippen molar-refractivity contribution in [2.75, 3.05) is 6.61 Å². The van der Waals surface area contributed by atoms with Gasteiger partial charge in [0.25, 0.3) is 0 Å². The molecule has 49 heavy (non-hydrogen) atoms. The molecule has 5 aromatic carbocycles. The highest BCUT2D eigenvalue weighted by Gasteiger charge is 2.49. The van der Waals surface area contributed by atoms with E-state index < -0.39 is 30.5 Å². The summed E-state index contributed by atoms with van der Waals surface area (Å²) in [7, 11) is 0. The number of rotatable bonds is 15. The van der Waals surface area contributed by atoms with Gasteiger partial charge < -0.3 is 28.8 Å². The maximum Gasteiger partial charge on any atom is 0.117 e. The van der Waals surface area contributed by atoms with Crippen molar-refractivity contribution >= 4 is 23.2 Å². The highest BCUT2D eigenvalue weighted by molar-refractivity contribution is 6.35. The van der Waals surface area contributed by atoms with Gasteiger partial charge in [0, 0.05) is 15.6 Å². The SMILES string of the molecule is OCc1cc(C2OC(COCc3ccccc3)C(OCc3ccccc3)C(OCc3ccccc3)C2OCc2ccccc2)c(Cl)cc1Cl. The van der Waals surface area contributed by atoms with Gasteiger partial charge in [0.05, 0.1) is 39.6 Å². The summed E-state index contributed by atoms with van der Waals surface area (Å²) in [5, 5.41) is 10.9. The van der Waals surface area contributed by atoms with Crippen LogP contribution in [0.2, 0.25) is 10.0 Å². The number of hydrogen-bond acceptors (Lipinski definition) is 6. The predicted octanol–water partition coefficient (Wildman–Crippen LogP) is 8.90. The highest BCUT2D eigenvalue weighted by Crippen LogP contribution is 2.42. The van der Waals surface area contributed by atoms with Crippen LogP contribution in [0.1, 0.15) is 39.5 Å². The first kappa shape index (κ1) is 35.3. The Morgan fingerprint density at radius 1 is 0.531 bits per heavy atom. The fourth-order valence-corrected chi connectivity index (χ4v) is 6.54. The molecule has 0 saturated carbocycles. The molecule has 6 rings (SSSR count). The van der Waals surface area contributed by atoms with Gasteiger partial charge in [-0.05, 0) is 39.9 Å². The van der Waals surface area contributed by atoms with Gasteiger partial charge in [-0.3, -0.25) is 0 Å². The van der Waals surface area contributed by atoms with Crippen LogP contribution < -0.4 is 0 Å². The van der Waals surface area contributed by atoms with Crippen molar-refractivity contribution in [3.05, 3.63) is 177 Å².